The summed E-state index contributed by atoms with van der Waals surface area (Å²) in [6.07, 6.45) is 4.97. The number of aromatic nitrogens is 1. The number of carboxylic acids is 1. The monoisotopic (exact) mass is 226 g/mol. The lowest BCUT2D eigenvalue weighted by Crippen LogP contribution is -2.14. The minimum absolute atomic E-state index is 0.295. The zero-order chi connectivity index (χ0) is 10.8. The van der Waals surface area contributed by atoms with E-state index in [-0.39, 0.29) is 0 Å². The van der Waals surface area contributed by atoms with Crippen LogP contribution in [0.1, 0.15) is 35.9 Å². The first-order chi connectivity index (χ1) is 7.15. The van der Waals surface area contributed by atoms with Gasteiger partial charge in [-0.15, -0.1) is 0 Å². The van der Waals surface area contributed by atoms with E-state index < -0.39 is 5.97 Å². The van der Waals surface area contributed by atoms with Crippen molar-refractivity contribution in [2.45, 2.75) is 32.2 Å². The summed E-state index contributed by atoms with van der Waals surface area (Å²) in [5.41, 5.74) is 0. The van der Waals surface area contributed by atoms with Crippen LogP contribution in [0.3, 0.4) is 0 Å². The highest BCUT2D eigenvalue weighted by Gasteiger charge is 2.22. The maximum atomic E-state index is 10.6. The average Bonchev–Trinajstić information content (AvgIpc) is 2.76. The second-order valence-electron chi connectivity index (χ2n) is 4.09. The molecule has 0 saturated heterocycles. The number of carboxylic acid groups (broad SMARTS) is 1. The highest BCUT2D eigenvalue weighted by molar-refractivity contribution is 7.17. The van der Waals surface area contributed by atoms with Gasteiger partial charge in [0.25, 0.3) is 0 Å². The summed E-state index contributed by atoms with van der Waals surface area (Å²) in [6.45, 7) is 2.24. The van der Waals surface area contributed by atoms with Crippen LogP contribution in [0.2, 0.25) is 0 Å². The van der Waals surface area contributed by atoms with Crippen LogP contribution in [-0.4, -0.2) is 22.1 Å². The van der Waals surface area contributed by atoms with Gasteiger partial charge in [0.1, 0.15) is 4.88 Å². The molecule has 0 aliphatic heterocycles. The van der Waals surface area contributed by atoms with Crippen LogP contribution in [0.25, 0.3) is 0 Å². The van der Waals surface area contributed by atoms with Crippen LogP contribution < -0.4 is 5.32 Å². The number of hydrogen-bond acceptors (Lipinski definition) is 4. The van der Waals surface area contributed by atoms with Gasteiger partial charge in [0.15, 0.2) is 5.13 Å². The number of rotatable bonds is 3. The zero-order valence-corrected chi connectivity index (χ0v) is 9.38. The molecule has 2 unspecified atom stereocenters. The maximum Gasteiger partial charge on any atom is 0.347 e. The van der Waals surface area contributed by atoms with Crippen LogP contribution in [-0.2, 0) is 0 Å². The number of thiazole rings is 1. The highest BCUT2D eigenvalue weighted by Crippen LogP contribution is 2.28. The molecule has 1 heterocycles. The first-order valence-electron chi connectivity index (χ1n) is 5.11. The van der Waals surface area contributed by atoms with E-state index in [2.05, 4.69) is 17.2 Å². The molecule has 0 radical (unpaired) electrons. The molecule has 4 nitrogen and oxygen atoms in total. The van der Waals surface area contributed by atoms with Crippen molar-refractivity contribution in [3.63, 3.8) is 0 Å². The Hall–Kier alpha value is -1.10. The standard InChI is InChI=1S/C10H14N2O2S/c1-6-2-3-7(4-6)12-10-11-5-8(15-10)9(13)14/h5-7H,2-4H2,1H3,(H,11,12)(H,13,14). The van der Waals surface area contributed by atoms with Gasteiger partial charge in [-0.3, -0.25) is 0 Å². The summed E-state index contributed by atoms with van der Waals surface area (Å²) in [7, 11) is 0. The molecule has 1 aliphatic carbocycles. The fraction of sp³-hybridized carbons (Fsp3) is 0.600. The highest BCUT2D eigenvalue weighted by atomic mass is 32.1. The molecule has 1 aromatic rings. The summed E-state index contributed by atoms with van der Waals surface area (Å²) < 4.78 is 0. The number of anilines is 1. The second kappa shape index (κ2) is 4.18. The topological polar surface area (TPSA) is 62.2 Å². The van der Waals surface area contributed by atoms with Gasteiger partial charge < -0.3 is 10.4 Å². The molecular formula is C10H14N2O2S. The Labute approximate surface area is 92.3 Å². The number of aromatic carboxylic acids is 1. The van der Waals surface area contributed by atoms with E-state index in [9.17, 15) is 4.79 Å². The largest absolute Gasteiger partial charge is 0.477 e. The molecule has 0 bridgehead atoms. The van der Waals surface area contributed by atoms with Crippen molar-refractivity contribution in [3.8, 4) is 0 Å². The molecule has 15 heavy (non-hydrogen) atoms. The van der Waals surface area contributed by atoms with Gasteiger partial charge in [-0.1, -0.05) is 18.3 Å². The predicted octanol–water partition coefficient (Wildman–Crippen LogP) is 2.44. The van der Waals surface area contributed by atoms with Crippen LogP contribution >= 0.6 is 11.3 Å². The molecular weight excluding hydrogens is 212 g/mol. The smallest absolute Gasteiger partial charge is 0.347 e. The van der Waals surface area contributed by atoms with E-state index in [1.54, 1.807) is 0 Å². The number of hydrogen-bond donors (Lipinski definition) is 2. The van der Waals surface area contributed by atoms with E-state index in [0.717, 1.165) is 23.9 Å². The van der Waals surface area contributed by atoms with Gasteiger partial charge in [0.05, 0.1) is 6.20 Å². The fourth-order valence-electron chi connectivity index (χ4n) is 1.95. The Balaban J connectivity index is 1.96. The third-order valence-electron chi connectivity index (χ3n) is 2.74. The Kier molecular flexibility index (Phi) is 2.90. The fourth-order valence-corrected chi connectivity index (χ4v) is 2.68. The number of nitrogens with zero attached hydrogens (tertiary/aromatic N) is 1. The second-order valence-corrected chi connectivity index (χ2v) is 5.12. The average molecular weight is 226 g/mol. The maximum absolute atomic E-state index is 10.6. The zero-order valence-electron chi connectivity index (χ0n) is 8.56. The molecule has 0 amide bonds. The van der Waals surface area contributed by atoms with Crippen molar-refractivity contribution in [3.05, 3.63) is 11.1 Å². The molecule has 5 heteroatoms. The van der Waals surface area contributed by atoms with Crippen molar-refractivity contribution in [1.29, 1.82) is 0 Å². The molecule has 0 spiro atoms. The van der Waals surface area contributed by atoms with Gasteiger partial charge in [0, 0.05) is 6.04 Å². The predicted molar refractivity (Wildman–Crippen MR) is 59.5 cm³/mol. The summed E-state index contributed by atoms with van der Waals surface area (Å²) in [4.78, 5) is 15.0. The van der Waals surface area contributed by atoms with E-state index in [1.807, 2.05) is 0 Å². The SMILES string of the molecule is CC1CCC(Nc2ncc(C(=O)O)s2)C1. The number of nitrogens with one attached hydrogen (secondary N) is 1. The van der Waals surface area contributed by atoms with E-state index in [4.69, 9.17) is 5.11 Å². The van der Waals surface area contributed by atoms with Gasteiger partial charge in [-0.25, -0.2) is 9.78 Å². The first-order valence-corrected chi connectivity index (χ1v) is 5.92. The van der Waals surface area contributed by atoms with Crippen LogP contribution in [0, 0.1) is 5.92 Å². The van der Waals surface area contributed by atoms with Crippen molar-refractivity contribution in [1.82, 2.24) is 4.98 Å². The molecule has 2 rings (SSSR count). The van der Waals surface area contributed by atoms with Gasteiger partial charge in [-0.2, -0.15) is 0 Å². The molecule has 2 N–H and O–H groups in total. The van der Waals surface area contributed by atoms with Gasteiger partial charge in [0.2, 0.25) is 0 Å². The third-order valence-corrected chi connectivity index (χ3v) is 3.66. The molecule has 1 aliphatic rings. The van der Waals surface area contributed by atoms with Crippen molar-refractivity contribution in [2.75, 3.05) is 5.32 Å². The molecule has 82 valence electrons. The quantitative estimate of drug-likeness (QED) is 0.831. The minimum Gasteiger partial charge on any atom is -0.477 e. The normalized spacial score (nSPS) is 25.4. The molecule has 1 aromatic heterocycles. The summed E-state index contributed by atoms with van der Waals surface area (Å²) in [6, 6.07) is 0.466. The lowest BCUT2D eigenvalue weighted by atomic mass is 10.1. The van der Waals surface area contributed by atoms with Gasteiger partial charge in [-0.05, 0) is 25.2 Å². The summed E-state index contributed by atoms with van der Waals surface area (Å²) >= 11 is 1.21. The van der Waals surface area contributed by atoms with E-state index >= 15 is 0 Å². The third kappa shape index (κ3) is 2.47. The summed E-state index contributed by atoms with van der Waals surface area (Å²) in [5, 5.41) is 12.8. The molecule has 1 saturated carbocycles. The molecule has 0 aromatic carbocycles. The Bertz CT molecular complexity index is 364. The summed E-state index contributed by atoms with van der Waals surface area (Å²) in [5.74, 6) is -0.137. The van der Waals surface area contributed by atoms with Gasteiger partial charge >= 0.3 is 5.97 Å². The number of carbonyl (C=O) groups is 1. The van der Waals surface area contributed by atoms with Crippen LogP contribution in [0.4, 0.5) is 5.13 Å². The Morgan fingerprint density at radius 3 is 3.00 bits per heavy atom. The van der Waals surface area contributed by atoms with Crippen molar-refractivity contribution in [2.24, 2.45) is 5.92 Å². The van der Waals surface area contributed by atoms with E-state index in [1.165, 1.54) is 24.0 Å². The van der Waals surface area contributed by atoms with Crippen molar-refractivity contribution >= 4 is 22.4 Å². The minimum atomic E-state index is -0.902. The molecule has 2 atom stereocenters. The van der Waals surface area contributed by atoms with Crippen molar-refractivity contribution < 1.29 is 9.90 Å². The lowest BCUT2D eigenvalue weighted by molar-refractivity contribution is 0.0702. The Morgan fingerprint density at radius 1 is 1.67 bits per heavy atom. The van der Waals surface area contributed by atoms with Crippen LogP contribution in [0.15, 0.2) is 6.20 Å². The Morgan fingerprint density at radius 2 is 2.47 bits per heavy atom. The molecule has 1 fully saturated rings. The lowest BCUT2D eigenvalue weighted by Gasteiger charge is -2.10. The van der Waals surface area contributed by atoms with Crippen LogP contribution in [0.5, 0.6) is 0 Å². The first kappa shape index (κ1) is 10.4. The van der Waals surface area contributed by atoms with E-state index in [0.29, 0.717) is 10.9 Å².